The number of anilines is 1. The zero-order valence-corrected chi connectivity index (χ0v) is 22.3. The van der Waals surface area contributed by atoms with Crippen molar-refractivity contribution in [3.63, 3.8) is 0 Å². The van der Waals surface area contributed by atoms with Gasteiger partial charge in [0.05, 0.1) is 39.6 Å². The van der Waals surface area contributed by atoms with Gasteiger partial charge >= 0.3 is 6.03 Å². The third-order valence-electron chi connectivity index (χ3n) is 6.34. The molecule has 0 aliphatic carbocycles. The lowest BCUT2D eigenvalue weighted by Gasteiger charge is -2.21. The molecule has 6 rings (SSSR count). The van der Waals surface area contributed by atoms with Crippen LogP contribution in [0.3, 0.4) is 0 Å². The summed E-state index contributed by atoms with van der Waals surface area (Å²) in [5, 5.41) is 5.16. The quantitative estimate of drug-likeness (QED) is 0.296. The molecule has 11 nitrogen and oxygen atoms in total. The molecule has 12 heteroatoms. The number of hydrogen-bond acceptors (Lipinski definition) is 8. The Labute approximate surface area is 232 Å². The van der Waals surface area contributed by atoms with Gasteiger partial charge in [-0.3, -0.25) is 14.5 Å². The Bertz CT molecular complexity index is 1890. The number of urea groups is 1. The van der Waals surface area contributed by atoms with Gasteiger partial charge in [0, 0.05) is 43.2 Å². The monoisotopic (exact) mass is 553 g/mol. The van der Waals surface area contributed by atoms with Crippen molar-refractivity contribution in [3.05, 3.63) is 79.4 Å². The molecule has 0 atom stereocenters. The molecule has 0 saturated heterocycles. The molecule has 4 aromatic heterocycles. The van der Waals surface area contributed by atoms with Crippen molar-refractivity contribution in [1.82, 2.24) is 24.3 Å². The number of hydrogen-bond donors (Lipinski definition) is 1. The van der Waals surface area contributed by atoms with E-state index in [-0.39, 0.29) is 18.0 Å². The predicted molar refractivity (Wildman–Crippen MR) is 152 cm³/mol. The Morgan fingerprint density at radius 2 is 1.90 bits per heavy atom. The lowest BCUT2D eigenvalue weighted by atomic mass is 10.2. The molecule has 3 amide bonds. The van der Waals surface area contributed by atoms with Crippen molar-refractivity contribution in [3.8, 4) is 28.0 Å². The maximum Gasteiger partial charge on any atom is 0.326 e. The number of aryl methyl sites for hydroxylation is 1. The summed E-state index contributed by atoms with van der Waals surface area (Å²) < 4.78 is 16.1. The lowest BCUT2D eigenvalue weighted by molar-refractivity contribution is -0.118. The van der Waals surface area contributed by atoms with Crippen LogP contribution in [0.4, 0.5) is 10.5 Å². The molecular formula is C28H23N7O4S. The van der Waals surface area contributed by atoms with Gasteiger partial charge in [-0.2, -0.15) is 5.10 Å². The number of aromatic nitrogens is 5. The summed E-state index contributed by atoms with van der Waals surface area (Å²) in [5.74, 6) is 1.54. The van der Waals surface area contributed by atoms with E-state index < -0.39 is 11.9 Å². The number of para-hydroxylation sites is 1. The van der Waals surface area contributed by atoms with E-state index in [4.69, 9.17) is 15.2 Å². The number of pyridine rings is 1. The number of fused-ring (bicyclic) bond motifs is 2. The number of carbonyl (C=O) groups excluding carboxylic acids is 2. The summed E-state index contributed by atoms with van der Waals surface area (Å²) >= 11 is 1.52. The normalized spacial score (nSPS) is 11.2. The van der Waals surface area contributed by atoms with E-state index >= 15 is 0 Å². The van der Waals surface area contributed by atoms with E-state index in [1.54, 1.807) is 42.9 Å². The average Bonchev–Trinajstić information content (AvgIpc) is 3.68. The van der Waals surface area contributed by atoms with Crippen LogP contribution >= 0.6 is 11.3 Å². The van der Waals surface area contributed by atoms with Crippen LogP contribution in [-0.4, -0.2) is 43.4 Å². The molecule has 0 fully saturated rings. The summed E-state index contributed by atoms with van der Waals surface area (Å²) in [6, 6.07) is 15.1. The van der Waals surface area contributed by atoms with Gasteiger partial charge in [0.2, 0.25) is 0 Å². The molecule has 0 bridgehead atoms. The summed E-state index contributed by atoms with van der Waals surface area (Å²) in [6.07, 6.45) is 6.96. The maximum absolute atomic E-state index is 13.3. The fourth-order valence-corrected chi connectivity index (χ4v) is 5.57. The molecular weight excluding hydrogens is 530 g/mol. The van der Waals surface area contributed by atoms with E-state index in [0.717, 1.165) is 36.7 Å². The SMILES string of the molecule is COc1cc(Oc2ccnc3cc(-c4nccn4C)sc23)ccc1N(C(N)=O)C(=O)Cn1ncc2ccccc21. The fourth-order valence-electron chi connectivity index (χ4n) is 4.47. The van der Waals surface area contributed by atoms with Gasteiger partial charge in [0.1, 0.15) is 29.6 Å². The van der Waals surface area contributed by atoms with Gasteiger partial charge in [0.15, 0.2) is 0 Å². The van der Waals surface area contributed by atoms with Crippen LogP contribution in [-0.2, 0) is 18.4 Å². The minimum Gasteiger partial charge on any atom is -0.494 e. The van der Waals surface area contributed by atoms with Crippen molar-refractivity contribution in [2.45, 2.75) is 6.54 Å². The number of ether oxygens (including phenoxy) is 2. The average molecular weight is 554 g/mol. The van der Waals surface area contributed by atoms with Crippen LogP contribution < -0.4 is 20.1 Å². The number of rotatable bonds is 7. The maximum atomic E-state index is 13.3. The summed E-state index contributed by atoms with van der Waals surface area (Å²) in [4.78, 5) is 36.4. The fraction of sp³-hybridized carbons (Fsp3) is 0.107. The highest BCUT2D eigenvalue weighted by Crippen LogP contribution is 2.40. The Kier molecular flexibility index (Phi) is 6.36. The number of benzene rings is 2. The number of carbonyl (C=O) groups is 2. The molecule has 200 valence electrons. The van der Waals surface area contributed by atoms with Crippen LogP contribution in [0, 0.1) is 0 Å². The summed E-state index contributed by atoms with van der Waals surface area (Å²) in [5.41, 5.74) is 7.38. The van der Waals surface area contributed by atoms with E-state index in [9.17, 15) is 9.59 Å². The van der Waals surface area contributed by atoms with Crippen molar-refractivity contribution in [1.29, 1.82) is 0 Å². The minimum atomic E-state index is -0.940. The smallest absolute Gasteiger partial charge is 0.326 e. The lowest BCUT2D eigenvalue weighted by Crippen LogP contribution is -2.43. The second kappa shape index (κ2) is 10.2. The number of nitrogens with two attached hydrogens (primary N) is 1. The van der Waals surface area contributed by atoms with Gasteiger partial charge in [-0.15, -0.1) is 11.3 Å². The third kappa shape index (κ3) is 4.50. The van der Waals surface area contributed by atoms with Gasteiger partial charge in [-0.1, -0.05) is 18.2 Å². The number of primary amides is 1. The highest BCUT2D eigenvalue weighted by molar-refractivity contribution is 7.22. The second-order valence-electron chi connectivity index (χ2n) is 8.86. The van der Waals surface area contributed by atoms with E-state index in [0.29, 0.717) is 11.5 Å². The zero-order valence-electron chi connectivity index (χ0n) is 21.5. The van der Waals surface area contributed by atoms with Gasteiger partial charge in [0.25, 0.3) is 5.91 Å². The second-order valence-corrected chi connectivity index (χ2v) is 9.91. The molecule has 2 aromatic carbocycles. The highest BCUT2D eigenvalue weighted by Gasteiger charge is 2.26. The Hall–Kier alpha value is -5.23. The molecule has 4 heterocycles. The first-order valence-corrected chi connectivity index (χ1v) is 13.0. The number of amides is 3. The summed E-state index contributed by atoms with van der Waals surface area (Å²) in [6.45, 7) is -0.191. The van der Waals surface area contributed by atoms with Crippen molar-refractivity contribution >= 4 is 50.1 Å². The molecule has 0 aliphatic heterocycles. The first-order chi connectivity index (χ1) is 19.4. The van der Waals surface area contributed by atoms with Crippen molar-refractivity contribution in [2.24, 2.45) is 12.8 Å². The van der Waals surface area contributed by atoms with Crippen LogP contribution in [0.25, 0.3) is 31.8 Å². The highest BCUT2D eigenvalue weighted by atomic mass is 32.1. The number of methoxy groups -OCH3 is 1. The van der Waals surface area contributed by atoms with Gasteiger partial charge in [-0.05, 0) is 24.3 Å². The molecule has 0 unspecified atom stereocenters. The molecule has 0 aliphatic rings. The van der Waals surface area contributed by atoms with Gasteiger partial charge < -0.3 is 19.8 Å². The predicted octanol–water partition coefficient (Wildman–Crippen LogP) is 4.96. The third-order valence-corrected chi connectivity index (χ3v) is 7.48. The molecule has 0 spiro atoms. The number of imidazole rings is 1. The molecule has 0 radical (unpaired) electrons. The first-order valence-electron chi connectivity index (χ1n) is 12.2. The Morgan fingerprint density at radius 1 is 1.05 bits per heavy atom. The molecule has 2 N–H and O–H groups in total. The van der Waals surface area contributed by atoms with E-state index in [1.165, 1.54) is 23.1 Å². The number of nitrogens with zero attached hydrogens (tertiary/aromatic N) is 6. The van der Waals surface area contributed by atoms with Crippen LogP contribution in [0.2, 0.25) is 0 Å². The van der Waals surface area contributed by atoms with Crippen LogP contribution in [0.5, 0.6) is 17.2 Å². The van der Waals surface area contributed by atoms with E-state index in [2.05, 4.69) is 15.1 Å². The standard InChI is InChI=1S/C28H23N7O4S/c1-33-12-11-31-27(33)24-14-19-26(40-24)22(9-10-30-19)39-18-7-8-21(23(13-18)38-2)35(28(29)37)25(36)16-34-20-6-4-3-5-17(20)15-32-34/h3-15H,16H2,1-2H3,(H2,29,37). The Balaban J connectivity index is 1.29. The largest absolute Gasteiger partial charge is 0.494 e. The number of thiophene rings is 1. The van der Waals surface area contributed by atoms with Crippen molar-refractivity contribution < 1.29 is 19.1 Å². The van der Waals surface area contributed by atoms with Crippen molar-refractivity contribution in [2.75, 3.05) is 12.0 Å². The topological polar surface area (TPSA) is 130 Å². The summed E-state index contributed by atoms with van der Waals surface area (Å²) in [7, 11) is 3.37. The van der Waals surface area contributed by atoms with Gasteiger partial charge in [-0.25, -0.2) is 14.7 Å². The molecule has 40 heavy (non-hydrogen) atoms. The minimum absolute atomic E-state index is 0.191. The van der Waals surface area contributed by atoms with E-state index in [1.807, 2.05) is 48.1 Å². The van der Waals surface area contributed by atoms with Crippen LogP contribution in [0.15, 0.2) is 79.4 Å². The van der Waals surface area contributed by atoms with Crippen LogP contribution in [0.1, 0.15) is 0 Å². The first kappa shape index (κ1) is 25.1. The molecule has 6 aromatic rings. The zero-order chi connectivity index (χ0) is 27.8. The number of imide groups is 1. The Morgan fingerprint density at radius 3 is 2.67 bits per heavy atom. The molecule has 0 saturated carbocycles.